The van der Waals surface area contributed by atoms with Crippen LogP contribution in [0.25, 0.3) is 0 Å². The van der Waals surface area contributed by atoms with Gasteiger partial charge in [0.15, 0.2) is 0 Å². The van der Waals surface area contributed by atoms with Crippen LogP contribution in [0.5, 0.6) is 0 Å². The highest BCUT2D eigenvalue weighted by Crippen LogP contribution is 2.26. The van der Waals surface area contributed by atoms with E-state index in [-0.39, 0.29) is 18.2 Å². The zero-order valence-corrected chi connectivity index (χ0v) is 20.4. The van der Waals surface area contributed by atoms with E-state index in [0.717, 1.165) is 16.7 Å². The zero-order chi connectivity index (χ0) is 23.8. The third-order valence-electron chi connectivity index (χ3n) is 5.61. The number of benzene rings is 3. The van der Waals surface area contributed by atoms with Gasteiger partial charge in [0, 0.05) is 29.6 Å². The van der Waals surface area contributed by atoms with Crippen molar-refractivity contribution in [3.63, 3.8) is 0 Å². The van der Waals surface area contributed by atoms with Crippen LogP contribution >= 0.6 is 23.2 Å². The fourth-order valence-corrected chi connectivity index (χ4v) is 4.30. The van der Waals surface area contributed by atoms with Gasteiger partial charge in [-0.15, -0.1) is 0 Å². The summed E-state index contributed by atoms with van der Waals surface area (Å²) in [6, 6.07) is 22.1. The summed E-state index contributed by atoms with van der Waals surface area (Å²) in [5.41, 5.74) is 3.58. The minimum atomic E-state index is -0.680. The van der Waals surface area contributed by atoms with Gasteiger partial charge in [0.05, 0.1) is 6.42 Å². The Hall–Kier alpha value is -2.82. The summed E-state index contributed by atoms with van der Waals surface area (Å²) in [6.07, 6.45) is 0.412. The molecule has 0 spiro atoms. The van der Waals surface area contributed by atoms with Gasteiger partial charge in [0.25, 0.3) is 0 Å². The molecule has 172 valence electrons. The van der Waals surface area contributed by atoms with E-state index in [4.69, 9.17) is 23.2 Å². The van der Waals surface area contributed by atoms with Gasteiger partial charge in [0.1, 0.15) is 6.04 Å². The van der Waals surface area contributed by atoms with Crippen molar-refractivity contribution in [2.24, 2.45) is 0 Å². The van der Waals surface area contributed by atoms with Gasteiger partial charge in [-0.05, 0) is 48.2 Å². The van der Waals surface area contributed by atoms with Crippen LogP contribution in [0.1, 0.15) is 29.2 Å². The molecule has 0 saturated heterocycles. The molecule has 4 nitrogen and oxygen atoms in total. The average Bonchev–Trinajstić information content (AvgIpc) is 2.80. The number of aryl methyl sites for hydroxylation is 1. The topological polar surface area (TPSA) is 49.4 Å². The predicted octanol–water partition coefficient (Wildman–Crippen LogP) is 5.62. The van der Waals surface area contributed by atoms with Crippen LogP contribution < -0.4 is 5.32 Å². The number of likely N-dealkylation sites (N-methyl/N-ethyl adjacent to an activating group) is 1. The van der Waals surface area contributed by atoms with Crippen molar-refractivity contribution in [2.45, 2.75) is 39.3 Å². The third-order valence-corrected chi connectivity index (χ3v) is 6.32. The fourth-order valence-electron chi connectivity index (χ4n) is 3.77. The minimum Gasteiger partial charge on any atom is -0.355 e. The lowest BCUT2D eigenvalue weighted by Crippen LogP contribution is -2.51. The van der Waals surface area contributed by atoms with E-state index in [9.17, 15) is 9.59 Å². The third kappa shape index (κ3) is 6.59. The first kappa shape index (κ1) is 24.8. The highest BCUT2D eigenvalue weighted by atomic mass is 35.5. The first-order valence-electron chi connectivity index (χ1n) is 11.0. The van der Waals surface area contributed by atoms with E-state index >= 15 is 0 Å². The van der Waals surface area contributed by atoms with Crippen LogP contribution in [0.4, 0.5) is 0 Å². The maximum atomic E-state index is 13.7. The molecule has 3 rings (SSSR count). The van der Waals surface area contributed by atoms with Gasteiger partial charge in [-0.25, -0.2) is 0 Å². The van der Waals surface area contributed by atoms with E-state index in [1.54, 1.807) is 23.1 Å². The number of hydrogen-bond acceptors (Lipinski definition) is 2. The van der Waals surface area contributed by atoms with Crippen molar-refractivity contribution in [1.29, 1.82) is 0 Å². The maximum absolute atomic E-state index is 13.7. The second-order valence-corrected chi connectivity index (χ2v) is 8.74. The van der Waals surface area contributed by atoms with Gasteiger partial charge in [-0.1, -0.05) is 83.9 Å². The van der Waals surface area contributed by atoms with Crippen LogP contribution in [-0.4, -0.2) is 29.3 Å². The van der Waals surface area contributed by atoms with Crippen LogP contribution in [0.2, 0.25) is 10.0 Å². The zero-order valence-electron chi connectivity index (χ0n) is 18.9. The Balaban J connectivity index is 2.01. The molecule has 33 heavy (non-hydrogen) atoms. The predicted molar refractivity (Wildman–Crippen MR) is 135 cm³/mol. The van der Waals surface area contributed by atoms with Crippen LogP contribution in [-0.2, 0) is 29.0 Å². The second-order valence-electron chi connectivity index (χ2n) is 7.93. The molecule has 1 atom stereocenters. The number of carbonyl (C=O) groups is 2. The summed E-state index contributed by atoms with van der Waals surface area (Å²) >= 11 is 12.7. The van der Waals surface area contributed by atoms with E-state index in [0.29, 0.717) is 35.1 Å². The van der Waals surface area contributed by atoms with Gasteiger partial charge in [-0.2, -0.15) is 0 Å². The summed E-state index contributed by atoms with van der Waals surface area (Å²) in [4.78, 5) is 28.6. The van der Waals surface area contributed by atoms with E-state index in [2.05, 4.69) is 5.32 Å². The number of hydrogen-bond donors (Lipinski definition) is 1. The molecule has 0 saturated carbocycles. The van der Waals surface area contributed by atoms with Crippen molar-refractivity contribution in [1.82, 2.24) is 10.2 Å². The molecule has 0 radical (unpaired) electrons. The maximum Gasteiger partial charge on any atom is 0.243 e. The Kier molecular flexibility index (Phi) is 8.93. The summed E-state index contributed by atoms with van der Waals surface area (Å²) in [6.45, 7) is 4.66. The quantitative estimate of drug-likeness (QED) is 0.430. The van der Waals surface area contributed by atoms with Gasteiger partial charge < -0.3 is 10.2 Å². The lowest BCUT2D eigenvalue weighted by molar-refractivity contribution is -0.140. The molecule has 0 aliphatic heterocycles. The fraction of sp³-hybridized carbons (Fsp3) is 0.259. The van der Waals surface area contributed by atoms with Crippen molar-refractivity contribution < 1.29 is 9.59 Å². The Morgan fingerprint density at radius 3 is 2.18 bits per heavy atom. The molecule has 0 aliphatic carbocycles. The molecule has 0 heterocycles. The van der Waals surface area contributed by atoms with Crippen LogP contribution in [0, 0.1) is 6.92 Å². The number of nitrogens with zero attached hydrogens (tertiary/aromatic N) is 1. The Morgan fingerprint density at radius 2 is 1.55 bits per heavy atom. The first-order chi connectivity index (χ1) is 15.9. The molecule has 3 aromatic rings. The van der Waals surface area contributed by atoms with Crippen LogP contribution in [0.3, 0.4) is 0 Å². The molecule has 2 amide bonds. The molecular formula is C27H28Cl2N2O2. The van der Waals surface area contributed by atoms with E-state index < -0.39 is 6.04 Å². The van der Waals surface area contributed by atoms with Gasteiger partial charge in [-0.3, -0.25) is 9.59 Å². The lowest BCUT2D eigenvalue weighted by atomic mass is 10.0. The number of carbonyl (C=O) groups excluding carboxylic acids is 2. The Bertz CT molecular complexity index is 1080. The standard InChI is InChI=1S/C27H28Cl2N2O2/c1-3-30-27(33)25(16-20-11-5-4-6-12-20)31(18-21-13-8-7-10-19(21)2)26(32)17-22-23(28)14-9-15-24(22)29/h4-15,25H,3,16-18H2,1-2H3,(H,30,33)/t25-/m1/s1. The van der Waals surface area contributed by atoms with Gasteiger partial charge >= 0.3 is 0 Å². The summed E-state index contributed by atoms with van der Waals surface area (Å²) in [7, 11) is 0. The average molecular weight is 483 g/mol. The largest absolute Gasteiger partial charge is 0.355 e. The number of rotatable bonds is 9. The van der Waals surface area contributed by atoms with Crippen molar-refractivity contribution in [3.8, 4) is 0 Å². The normalized spacial score (nSPS) is 11.6. The molecule has 0 bridgehead atoms. The number of halogens is 2. The lowest BCUT2D eigenvalue weighted by Gasteiger charge is -2.32. The Labute approximate surface area is 205 Å². The molecule has 6 heteroatoms. The molecule has 1 N–H and O–H groups in total. The number of nitrogens with one attached hydrogen (secondary N) is 1. The monoisotopic (exact) mass is 482 g/mol. The van der Waals surface area contributed by atoms with E-state index in [1.165, 1.54) is 0 Å². The van der Waals surface area contributed by atoms with Crippen molar-refractivity contribution in [2.75, 3.05) is 6.54 Å². The van der Waals surface area contributed by atoms with E-state index in [1.807, 2.05) is 68.4 Å². The molecular weight excluding hydrogens is 455 g/mol. The van der Waals surface area contributed by atoms with Crippen molar-refractivity contribution in [3.05, 3.63) is 105 Å². The molecule has 3 aromatic carbocycles. The smallest absolute Gasteiger partial charge is 0.243 e. The minimum absolute atomic E-state index is 0.00901. The highest BCUT2D eigenvalue weighted by Gasteiger charge is 2.31. The molecule has 0 aromatic heterocycles. The summed E-state index contributed by atoms with van der Waals surface area (Å²) < 4.78 is 0. The Morgan fingerprint density at radius 1 is 0.909 bits per heavy atom. The SMILES string of the molecule is CCNC(=O)[C@@H](Cc1ccccc1)N(Cc1ccccc1C)C(=O)Cc1c(Cl)cccc1Cl. The molecule has 0 unspecified atom stereocenters. The highest BCUT2D eigenvalue weighted by molar-refractivity contribution is 6.36. The molecule has 0 aliphatic rings. The van der Waals surface area contributed by atoms with Crippen LogP contribution in [0.15, 0.2) is 72.8 Å². The summed E-state index contributed by atoms with van der Waals surface area (Å²) in [5.74, 6) is -0.394. The van der Waals surface area contributed by atoms with Crippen molar-refractivity contribution >= 4 is 35.0 Å². The first-order valence-corrected chi connectivity index (χ1v) is 11.7. The second kappa shape index (κ2) is 11.9. The van der Waals surface area contributed by atoms with Gasteiger partial charge in [0.2, 0.25) is 11.8 Å². The number of amides is 2. The summed E-state index contributed by atoms with van der Waals surface area (Å²) in [5, 5.41) is 3.77. The molecule has 0 fully saturated rings.